The predicted octanol–water partition coefficient (Wildman–Crippen LogP) is 14.5. The summed E-state index contributed by atoms with van der Waals surface area (Å²) < 4.78 is 11.2. The van der Waals surface area contributed by atoms with Gasteiger partial charge in [-0.1, -0.05) is 237 Å². The van der Waals surface area contributed by atoms with Crippen LogP contribution in [0, 0.1) is 0 Å². The van der Waals surface area contributed by atoms with Gasteiger partial charge in [-0.15, -0.1) is 0 Å². The van der Waals surface area contributed by atoms with Crippen molar-refractivity contribution in [3.63, 3.8) is 0 Å². The van der Waals surface area contributed by atoms with Crippen LogP contribution in [-0.2, 0) is 14.3 Å². The predicted molar refractivity (Wildman–Crippen MR) is 308 cm³/mol. The first kappa shape index (κ1) is 67.3. The highest BCUT2D eigenvalue weighted by atomic mass is 16.7. The normalized spacial score (nSPS) is 20.1. The van der Waals surface area contributed by atoms with E-state index < -0.39 is 49.5 Å². The van der Waals surface area contributed by atoms with Crippen LogP contribution in [0.15, 0.2) is 134 Å². The first-order valence-electron chi connectivity index (χ1n) is 28.9. The van der Waals surface area contributed by atoms with Gasteiger partial charge in [0.05, 0.1) is 25.4 Å². The molecule has 1 saturated heterocycles. The molecule has 1 fully saturated rings. The monoisotopic (exact) mass is 1020 g/mol. The Morgan fingerprint density at radius 1 is 0.479 bits per heavy atom. The van der Waals surface area contributed by atoms with Crippen molar-refractivity contribution in [1.29, 1.82) is 0 Å². The highest BCUT2D eigenvalue weighted by Crippen LogP contribution is 2.23. The van der Waals surface area contributed by atoms with Gasteiger partial charge in [0.1, 0.15) is 24.4 Å². The minimum Gasteiger partial charge on any atom is -0.394 e. The number of amides is 1. The third-order valence-electron chi connectivity index (χ3n) is 12.7. The molecular weight excluding hydrogens is 911 g/mol. The number of allylic oxidation sites excluding steroid dienone is 21. The Balaban J connectivity index is 2.28. The Morgan fingerprint density at radius 3 is 1.26 bits per heavy atom. The number of aliphatic hydroxyl groups is 5. The van der Waals surface area contributed by atoms with Crippen molar-refractivity contribution in [1.82, 2.24) is 5.32 Å². The lowest BCUT2D eigenvalue weighted by Gasteiger charge is -2.40. The summed E-state index contributed by atoms with van der Waals surface area (Å²) in [7, 11) is 0. The lowest BCUT2D eigenvalue weighted by molar-refractivity contribution is -0.302. The molecule has 0 saturated carbocycles. The highest BCUT2D eigenvalue weighted by molar-refractivity contribution is 5.76. The molecule has 6 N–H and O–H groups in total. The largest absolute Gasteiger partial charge is 0.394 e. The molecule has 0 radical (unpaired) electrons. The minimum absolute atomic E-state index is 0.215. The summed E-state index contributed by atoms with van der Waals surface area (Å²) >= 11 is 0. The molecule has 0 aromatic rings. The fourth-order valence-corrected chi connectivity index (χ4v) is 8.18. The summed E-state index contributed by atoms with van der Waals surface area (Å²) in [4.78, 5) is 13.0. The molecule has 9 heteroatoms. The molecular formula is C64H105NO8. The van der Waals surface area contributed by atoms with Crippen LogP contribution in [0.1, 0.15) is 206 Å². The highest BCUT2D eigenvalue weighted by Gasteiger charge is 2.44. The summed E-state index contributed by atoms with van der Waals surface area (Å²) in [6.45, 7) is 3.63. The van der Waals surface area contributed by atoms with Crippen LogP contribution < -0.4 is 5.32 Å². The van der Waals surface area contributed by atoms with Gasteiger partial charge in [-0.25, -0.2) is 0 Å². The number of carbonyl (C=O) groups is 1. The molecule has 1 aliphatic heterocycles. The average molecular weight is 1020 g/mol. The van der Waals surface area contributed by atoms with E-state index in [1.54, 1.807) is 6.08 Å². The maximum atomic E-state index is 13.0. The van der Waals surface area contributed by atoms with Gasteiger partial charge in [-0.05, 0) is 96.3 Å². The number of unbranched alkanes of at least 4 members (excludes halogenated alkanes) is 17. The molecule has 0 aromatic heterocycles. The van der Waals surface area contributed by atoms with E-state index in [0.29, 0.717) is 6.42 Å². The fraction of sp³-hybridized carbons (Fsp3) is 0.641. The Morgan fingerprint density at radius 2 is 0.849 bits per heavy atom. The van der Waals surface area contributed by atoms with Crippen LogP contribution >= 0.6 is 0 Å². The molecule has 0 spiro atoms. The third-order valence-corrected chi connectivity index (χ3v) is 12.7. The van der Waals surface area contributed by atoms with Crippen molar-refractivity contribution < 1.29 is 39.8 Å². The lowest BCUT2D eigenvalue weighted by Crippen LogP contribution is -2.60. The molecule has 1 amide bonds. The zero-order valence-electron chi connectivity index (χ0n) is 45.8. The van der Waals surface area contributed by atoms with Gasteiger partial charge in [0.2, 0.25) is 5.91 Å². The maximum absolute atomic E-state index is 13.0. The van der Waals surface area contributed by atoms with Crippen molar-refractivity contribution in [3.8, 4) is 0 Å². The van der Waals surface area contributed by atoms with Crippen LogP contribution in [-0.4, -0.2) is 87.5 Å². The van der Waals surface area contributed by atoms with Crippen molar-refractivity contribution in [2.75, 3.05) is 13.2 Å². The third kappa shape index (κ3) is 41.3. The summed E-state index contributed by atoms with van der Waals surface area (Å²) in [5.41, 5.74) is 0. The molecule has 0 aliphatic carbocycles. The minimum atomic E-state index is -1.58. The Labute approximate surface area is 445 Å². The van der Waals surface area contributed by atoms with E-state index in [4.69, 9.17) is 9.47 Å². The summed E-state index contributed by atoms with van der Waals surface area (Å²) in [5.74, 6) is -0.224. The molecule has 1 aliphatic rings. The second kappa shape index (κ2) is 51.8. The molecule has 1 heterocycles. The number of hydrogen-bond acceptors (Lipinski definition) is 8. The number of carbonyl (C=O) groups excluding carboxylic acids is 1. The SMILES string of the molecule is CC/C=C\C/C=C\C/C=C\C/C=C\C/C=C\C/C=C\C/C=C\C/C=C\C/C=C\C/C=C\CCCCC(=O)NC(COC1OC(CO)C(O)C(O)C1O)C(O)/C=C/CCCCCCCCCCCCCCCCC. The van der Waals surface area contributed by atoms with Gasteiger partial charge in [0.15, 0.2) is 6.29 Å². The van der Waals surface area contributed by atoms with E-state index in [1.165, 1.54) is 83.5 Å². The second-order valence-corrected chi connectivity index (χ2v) is 19.4. The van der Waals surface area contributed by atoms with Gasteiger partial charge < -0.3 is 40.3 Å². The first-order chi connectivity index (χ1) is 35.8. The maximum Gasteiger partial charge on any atom is 0.220 e. The molecule has 0 aromatic carbocycles. The Hall–Kier alpha value is -3.67. The zero-order valence-corrected chi connectivity index (χ0v) is 45.8. The number of nitrogens with one attached hydrogen (secondary N) is 1. The van der Waals surface area contributed by atoms with Crippen LogP contribution in [0.25, 0.3) is 0 Å². The number of aliphatic hydroxyl groups excluding tert-OH is 5. The van der Waals surface area contributed by atoms with Gasteiger partial charge >= 0.3 is 0 Å². The van der Waals surface area contributed by atoms with Gasteiger partial charge in [0, 0.05) is 6.42 Å². The van der Waals surface area contributed by atoms with Crippen molar-refractivity contribution in [2.24, 2.45) is 0 Å². The Kier molecular flexibility index (Phi) is 47.8. The molecule has 73 heavy (non-hydrogen) atoms. The van der Waals surface area contributed by atoms with Crippen LogP contribution in [0.4, 0.5) is 0 Å². The average Bonchev–Trinajstić information content (AvgIpc) is 3.39. The van der Waals surface area contributed by atoms with E-state index in [2.05, 4.69) is 141 Å². The zero-order chi connectivity index (χ0) is 52.9. The standard InChI is InChI=1S/C64H105NO8/c1-3-5-7-9-11-13-15-17-19-21-22-23-24-25-26-27-28-29-30-31-32-33-34-35-36-38-40-42-44-46-48-50-52-54-60(68)65-57(56-72-64-63(71)62(70)61(69)59(55-66)73-64)58(67)53-51-49-47-45-43-41-39-37-20-18-16-14-12-10-8-6-4-2/h5,7,11,13,17,19,22-23,25-26,28-29,31-32,34-35,38,40,44,46,51,53,57-59,61-64,66-67,69-71H,3-4,6,8-10,12,14-16,18,20-21,24,27,30,33,36-37,39,41-43,45,47-50,52,54-56H2,1-2H3,(H,65,68)/b7-5-,13-11-,19-17-,23-22-,26-25-,29-28-,32-31-,35-34-,40-38-,46-44-,53-51+. The number of rotatable bonds is 47. The van der Waals surface area contributed by atoms with E-state index >= 15 is 0 Å². The quantitative estimate of drug-likeness (QED) is 0.0261. The smallest absolute Gasteiger partial charge is 0.220 e. The van der Waals surface area contributed by atoms with Crippen molar-refractivity contribution in [3.05, 3.63) is 134 Å². The first-order valence-corrected chi connectivity index (χ1v) is 28.9. The van der Waals surface area contributed by atoms with E-state index in [0.717, 1.165) is 96.3 Å². The van der Waals surface area contributed by atoms with Crippen LogP contribution in [0.2, 0.25) is 0 Å². The van der Waals surface area contributed by atoms with Gasteiger partial charge in [-0.3, -0.25) is 4.79 Å². The molecule has 1 rings (SSSR count). The van der Waals surface area contributed by atoms with Gasteiger partial charge in [-0.2, -0.15) is 0 Å². The number of ether oxygens (including phenoxy) is 2. The molecule has 9 nitrogen and oxygen atoms in total. The van der Waals surface area contributed by atoms with E-state index in [1.807, 2.05) is 6.08 Å². The molecule has 414 valence electrons. The van der Waals surface area contributed by atoms with E-state index in [-0.39, 0.29) is 18.9 Å². The lowest BCUT2D eigenvalue weighted by atomic mass is 9.99. The molecule has 7 atom stereocenters. The second-order valence-electron chi connectivity index (χ2n) is 19.4. The summed E-state index contributed by atoms with van der Waals surface area (Å²) in [6.07, 6.45) is 72.2. The number of hydrogen-bond donors (Lipinski definition) is 6. The summed E-state index contributed by atoms with van der Waals surface area (Å²) in [5, 5.41) is 54.4. The summed E-state index contributed by atoms with van der Waals surface area (Å²) in [6, 6.07) is -0.839. The van der Waals surface area contributed by atoms with Crippen LogP contribution in [0.3, 0.4) is 0 Å². The molecule has 0 bridgehead atoms. The van der Waals surface area contributed by atoms with E-state index in [9.17, 15) is 30.3 Å². The Bertz CT molecular complexity index is 1600. The van der Waals surface area contributed by atoms with Crippen molar-refractivity contribution in [2.45, 2.75) is 249 Å². The van der Waals surface area contributed by atoms with Crippen LogP contribution in [0.5, 0.6) is 0 Å². The van der Waals surface area contributed by atoms with Gasteiger partial charge in [0.25, 0.3) is 0 Å². The fourth-order valence-electron chi connectivity index (χ4n) is 8.18. The molecule has 7 unspecified atom stereocenters. The van der Waals surface area contributed by atoms with Crippen molar-refractivity contribution >= 4 is 5.91 Å². The topological polar surface area (TPSA) is 149 Å².